The van der Waals surface area contributed by atoms with Crippen molar-refractivity contribution in [1.82, 2.24) is 9.88 Å². The van der Waals surface area contributed by atoms with Crippen molar-refractivity contribution in [3.05, 3.63) is 63.7 Å². The molecule has 2 heterocycles. The van der Waals surface area contributed by atoms with E-state index >= 15 is 0 Å². The van der Waals surface area contributed by atoms with E-state index in [9.17, 15) is 9.59 Å². The Kier molecular flexibility index (Phi) is 3.86. The average molecular weight is 319 g/mol. The molecule has 0 spiro atoms. The summed E-state index contributed by atoms with van der Waals surface area (Å²) in [5, 5.41) is 2.80. The lowest BCUT2D eigenvalue weighted by Crippen LogP contribution is -2.23. The zero-order valence-electron chi connectivity index (χ0n) is 11.0. The van der Waals surface area contributed by atoms with Crippen LogP contribution in [0.1, 0.15) is 31.4 Å². The molecular weight excluding hydrogens is 308 g/mol. The number of thiazole rings is 1. The van der Waals surface area contributed by atoms with E-state index in [4.69, 9.17) is 11.6 Å². The second-order valence-electron chi connectivity index (χ2n) is 4.48. The minimum atomic E-state index is -0.285. The average Bonchev–Trinajstić information content (AvgIpc) is 3.06. The molecule has 4 nitrogen and oxygen atoms in total. The summed E-state index contributed by atoms with van der Waals surface area (Å²) in [6, 6.07) is 6.83. The highest BCUT2D eigenvalue weighted by molar-refractivity contribution is 7.09. The standard InChI is InChI=1S/C15H11ClN2O2S/c16-8-10-9-21-13(17-10)6-3-7-18-14(19)11-4-1-2-5-12(11)15(18)20/h1-5,7,9H,6,8H2. The largest absolute Gasteiger partial charge is 0.268 e. The minimum absolute atomic E-state index is 0.285. The molecule has 0 bridgehead atoms. The van der Waals surface area contributed by atoms with Gasteiger partial charge in [0, 0.05) is 18.0 Å². The number of allylic oxidation sites excluding steroid dienone is 1. The van der Waals surface area contributed by atoms with E-state index in [0.29, 0.717) is 23.4 Å². The van der Waals surface area contributed by atoms with Gasteiger partial charge in [-0.15, -0.1) is 22.9 Å². The lowest BCUT2D eigenvalue weighted by molar-refractivity contribution is 0.0721. The van der Waals surface area contributed by atoms with Gasteiger partial charge < -0.3 is 0 Å². The Bertz CT molecular complexity index is 704. The maximum Gasteiger partial charge on any atom is 0.265 e. The number of alkyl halides is 1. The predicted molar refractivity (Wildman–Crippen MR) is 81.5 cm³/mol. The summed E-state index contributed by atoms with van der Waals surface area (Å²) >= 11 is 7.21. The molecule has 1 aliphatic rings. The number of aromatic nitrogens is 1. The molecular formula is C15H11ClN2O2S. The first kappa shape index (κ1) is 14.0. The first-order valence-electron chi connectivity index (χ1n) is 6.33. The van der Waals surface area contributed by atoms with E-state index in [1.807, 2.05) is 5.38 Å². The highest BCUT2D eigenvalue weighted by Crippen LogP contribution is 2.22. The van der Waals surface area contributed by atoms with Gasteiger partial charge in [0.25, 0.3) is 11.8 Å². The Labute approximate surface area is 130 Å². The van der Waals surface area contributed by atoms with Gasteiger partial charge in [0.2, 0.25) is 0 Å². The first-order chi connectivity index (χ1) is 10.2. The third kappa shape index (κ3) is 2.62. The molecule has 0 aliphatic carbocycles. The summed E-state index contributed by atoms with van der Waals surface area (Å²) in [5.74, 6) is -0.182. The van der Waals surface area contributed by atoms with Gasteiger partial charge in [-0.3, -0.25) is 9.59 Å². The van der Waals surface area contributed by atoms with Gasteiger partial charge in [0.05, 0.1) is 27.7 Å². The highest BCUT2D eigenvalue weighted by atomic mass is 35.5. The third-order valence-corrected chi connectivity index (χ3v) is 4.30. The topological polar surface area (TPSA) is 50.3 Å². The zero-order chi connectivity index (χ0) is 14.8. The van der Waals surface area contributed by atoms with Crippen LogP contribution >= 0.6 is 22.9 Å². The predicted octanol–water partition coefficient (Wildman–Crippen LogP) is 3.23. The van der Waals surface area contributed by atoms with Crippen molar-refractivity contribution < 1.29 is 9.59 Å². The van der Waals surface area contributed by atoms with Gasteiger partial charge in [-0.1, -0.05) is 18.2 Å². The lowest BCUT2D eigenvalue weighted by atomic mass is 10.1. The molecule has 1 aromatic heterocycles. The number of amides is 2. The molecule has 0 radical (unpaired) electrons. The highest BCUT2D eigenvalue weighted by Gasteiger charge is 2.33. The maximum absolute atomic E-state index is 12.1. The number of imide groups is 1. The summed E-state index contributed by atoms with van der Waals surface area (Å²) in [7, 11) is 0. The van der Waals surface area contributed by atoms with Crippen LogP contribution in [0.3, 0.4) is 0 Å². The summed E-state index contributed by atoms with van der Waals surface area (Å²) in [4.78, 5) is 29.7. The molecule has 0 fully saturated rings. The van der Waals surface area contributed by atoms with Gasteiger partial charge >= 0.3 is 0 Å². The number of nitrogens with zero attached hydrogens (tertiary/aromatic N) is 2. The smallest absolute Gasteiger partial charge is 0.265 e. The van der Waals surface area contributed by atoms with Crippen LogP contribution in [0.25, 0.3) is 0 Å². The van der Waals surface area contributed by atoms with Gasteiger partial charge in [-0.25, -0.2) is 9.88 Å². The Morgan fingerprint density at radius 3 is 2.43 bits per heavy atom. The molecule has 0 unspecified atom stereocenters. The maximum atomic E-state index is 12.1. The van der Waals surface area contributed by atoms with E-state index in [2.05, 4.69) is 4.98 Å². The van der Waals surface area contributed by atoms with Crippen molar-refractivity contribution in [2.24, 2.45) is 0 Å². The molecule has 2 amide bonds. The van der Waals surface area contributed by atoms with Crippen molar-refractivity contribution in [1.29, 1.82) is 0 Å². The summed E-state index contributed by atoms with van der Waals surface area (Å²) in [6.07, 6.45) is 3.85. The summed E-state index contributed by atoms with van der Waals surface area (Å²) in [5.41, 5.74) is 1.74. The Morgan fingerprint density at radius 2 is 1.86 bits per heavy atom. The van der Waals surface area contributed by atoms with E-state index in [1.165, 1.54) is 17.5 Å². The number of hydrogen-bond donors (Lipinski definition) is 0. The van der Waals surface area contributed by atoms with Gasteiger partial charge in [0.15, 0.2) is 0 Å². The quantitative estimate of drug-likeness (QED) is 0.642. The van der Waals surface area contributed by atoms with Gasteiger partial charge in [0.1, 0.15) is 0 Å². The zero-order valence-corrected chi connectivity index (χ0v) is 12.5. The number of fused-ring (bicyclic) bond motifs is 1. The van der Waals surface area contributed by atoms with Crippen LogP contribution in [0, 0.1) is 0 Å². The van der Waals surface area contributed by atoms with Crippen molar-refractivity contribution in [2.45, 2.75) is 12.3 Å². The second-order valence-corrected chi connectivity index (χ2v) is 5.69. The molecule has 0 saturated carbocycles. The van der Waals surface area contributed by atoms with E-state index < -0.39 is 0 Å². The monoisotopic (exact) mass is 318 g/mol. The van der Waals surface area contributed by atoms with Crippen molar-refractivity contribution in [3.63, 3.8) is 0 Å². The molecule has 3 rings (SSSR count). The van der Waals surface area contributed by atoms with Gasteiger partial charge in [-0.2, -0.15) is 0 Å². The minimum Gasteiger partial charge on any atom is -0.268 e. The molecule has 106 valence electrons. The number of carbonyl (C=O) groups excluding carboxylic acids is 2. The van der Waals surface area contributed by atoms with Crippen LogP contribution in [0.15, 0.2) is 41.9 Å². The fourth-order valence-electron chi connectivity index (χ4n) is 2.11. The van der Waals surface area contributed by atoms with Crippen LogP contribution in [0.5, 0.6) is 0 Å². The fourth-order valence-corrected chi connectivity index (χ4v) is 3.11. The van der Waals surface area contributed by atoms with Crippen LogP contribution in [-0.4, -0.2) is 21.7 Å². The van der Waals surface area contributed by atoms with Crippen LogP contribution in [0.4, 0.5) is 0 Å². The van der Waals surface area contributed by atoms with Crippen molar-refractivity contribution in [3.8, 4) is 0 Å². The molecule has 21 heavy (non-hydrogen) atoms. The first-order valence-corrected chi connectivity index (χ1v) is 7.75. The number of halogens is 1. The second kappa shape index (κ2) is 5.79. The SMILES string of the molecule is O=C1c2ccccc2C(=O)N1C=CCc1nc(CCl)cs1. The number of hydrogen-bond acceptors (Lipinski definition) is 4. The molecule has 6 heteroatoms. The molecule has 1 aromatic carbocycles. The molecule has 1 aliphatic heterocycles. The number of rotatable bonds is 4. The van der Waals surface area contributed by atoms with Crippen molar-refractivity contribution >= 4 is 34.8 Å². The Hall–Kier alpha value is -1.98. The van der Waals surface area contributed by atoms with Crippen molar-refractivity contribution in [2.75, 3.05) is 0 Å². The van der Waals surface area contributed by atoms with E-state index in [1.54, 1.807) is 30.3 Å². The van der Waals surface area contributed by atoms with E-state index in [0.717, 1.165) is 15.6 Å². The number of carbonyl (C=O) groups is 2. The molecule has 2 aromatic rings. The Balaban J connectivity index is 1.73. The van der Waals surface area contributed by atoms with Crippen LogP contribution in [-0.2, 0) is 12.3 Å². The summed E-state index contributed by atoms with van der Waals surface area (Å²) in [6.45, 7) is 0. The van der Waals surface area contributed by atoms with Crippen LogP contribution in [0.2, 0.25) is 0 Å². The lowest BCUT2D eigenvalue weighted by Gasteiger charge is -2.06. The summed E-state index contributed by atoms with van der Waals surface area (Å²) < 4.78 is 0. The fraction of sp³-hybridized carbons (Fsp3) is 0.133. The third-order valence-electron chi connectivity index (χ3n) is 3.11. The normalized spacial score (nSPS) is 14.2. The number of benzene rings is 1. The molecule has 0 atom stereocenters. The van der Waals surface area contributed by atoms with Gasteiger partial charge in [-0.05, 0) is 12.1 Å². The Morgan fingerprint density at radius 1 is 1.19 bits per heavy atom. The molecule has 0 saturated heterocycles. The molecule has 0 N–H and O–H groups in total. The van der Waals surface area contributed by atoms with E-state index in [-0.39, 0.29) is 11.8 Å². The van der Waals surface area contributed by atoms with Crippen LogP contribution < -0.4 is 0 Å².